The van der Waals surface area contributed by atoms with E-state index in [1.54, 1.807) is 0 Å². The summed E-state index contributed by atoms with van der Waals surface area (Å²) in [6.45, 7) is 0.844. The molecule has 1 amide bonds. The predicted octanol–water partition coefficient (Wildman–Crippen LogP) is 4.22. The van der Waals surface area contributed by atoms with Gasteiger partial charge in [0.25, 0.3) is 0 Å². The Balaban J connectivity index is 4.38. The number of azide groups is 3. The monoisotopic (exact) mass is 482 g/mol. The molecule has 0 rings (SSSR count). The fourth-order valence-corrected chi connectivity index (χ4v) is 2.46. The second-order valence-corrected chi connectivity index (χ2v) is 6.74. The summed E-state index contributed by atoms with van der Waals surface area (Å²) < 4.78 is 15.1. The van der Waals surface area contributed by atoms with Crippen LogP contribution in [0.1, 0.15) is 51.4 Å². The Morgan fingerprint density at radius 3 is 1.79 bits per heavy atom. The van der Waals surface area contributed by atoms with Crippen molar-refractivity contribution in [1.29, 1.82) is 0 Å². The van der Waals surface area contributed by atoms with E-state index in [1.807, 2.05) is 0 Å². The molecule has 1 atom stereocenters. The van der Waals surface area contributed by atoms with Gasteiger partial charge in [-0.25, -0.2) is 9.59 Å². The van der Waals surface area contributed by atoms with Crippen LogP contribution in [0.2, 0.25) is 0 Å². The molecule has 0 aliphatic rings. The predicted molar refractivity (Wildman–Crippen MR) is 119 cm³/mol. The number of carbonyl (C=O) groups is 3. The SMILES string of the molecule is [N-]=[N+]=NCCCOC(=O)CCCCC[C@H](NC(=O)OCCCN=[N+]=[N-])C(=O)OCCCN=[N+]=[N-]. The van der Waals surface area contributed by atoms with Gasteiger partial charge in [0.1, 0.15) is 6.04 Å². The molecule has 0 aromatic rings. The van der Waals surface area contributed by atoms with E-state index < -0.39 is 18.1 Å². The average molecular weight is 483 g/mol. The van der Waals surface area contributed by atoms with Crippen LogP contribution in [0.15, 0.2) is 15.3 Å². The Morgan fingerprint density at radius 2 is 1.24 bits per heavy atom. The number of carbonyl (C=O) groups excluding carboxylic acids is 3. The number of hydrogen-bond acceptors (Lipinski definition) is 9. The summed E-state index contributed by atoms with van der Waals surface area (Å²) in [5, 5.41) is 12.5. The lowest BCUT2D eigenvalue weighted by Crippen LogP contribution is -2.42. The third-order valence-electron chi connectivity index (χ3n) is 4.09. The molecule has 0 aliphatic heterocycles. The number of rotatable bonds is 20. The highest BCUT2D eigenvalue weighted by atomic mass is 16.6. The Labute approximate surface area is 196 Å². The molecular formula is C18H30N10O6. The van der Waals surface area contributed by atoms with E-state index in [-0.39, 0.29) is 58.3 Å². The molecule has 0 radical (unpaired) electrons. The maximum Gasteiger partial charge on any atom is 0.407 e. The van der Waals surface area contributed by atoms with Crippen LogP contribution >= 0.6 is 0 Å². The Kier molecular flexibility index (Phi) is 19.8. The van der Waals surface area contributed by atoms with E-state index in [0.717, 1.165) is 0 Å². The first-order valence-electron chi connectivity index (χ1n) is 10.8. The molecule has 188 valence electrons. The lowest BCUT2D eigenvalue weighted by Gasteiger charge is -2.17. The van der Waals surface area contributed by atoms with Gasteiger partial charge in [-0.2, -0.15) is 0 Å². The maximum absolute atomic E-state index is 12.3. The van der Waals surface area contributed by atoms with Gasteiger partial charge in [-0.3, -0.25) is 4.79 Å². The highest BCUT2D eigenvalue weighted by molar-refractivity contribution is 5.81. The zero-order chi connectivity index (χ0) is 25.3. The summed E-state index contributed by atoms with van der Waals surface area (Å²) in [6, 6.07) is -0.947. The van der Waals surface area contributed by atoms with Crippen LogP contribution in [0.4, 0.5) is 4.79 Å². The zero-order valence-electron chi connectivity index (χ0n) is 19.0. The van der Waals surface area contributed by atoms with Crippen LogP contribution in [-0.2, 0) is 23.8 Å². The first-order chi connectivity index (χ1) is 16.5. The van der Waals surface area contributed by atoms with Crippen molar-refractivity contribution in [1.82, 2.24) is 5.32 Å². The van der Waals surface area contributed by atoms with Crippen LogP contribution in [0, 0.1) is 0 Å². The number of nitrogens with one attached hydrogen (secondary N) is 1. The van der Waals surface area contributed by atoms with Crippen molar-refractivity contribution >= 4 is 18.0 Å². The molecule has 0 fully saturated rings. The maximum atomic E-state index is 12.3. The van der Waals surface area contributed by atoms with Crippen LogP contribution in [-0.4, -0.2) is 63.5 Å². The fourth-order valence-electron chi connectivity index (χ4n) is 2.46. The minimum atomic E-state index is -0.947. The minimum Gasteiger partial charge on any atom is -0.466 e. The molecule has 0 unspecified atom stereocenters. The van der Waals surface area contributed by atoms with Crippen LogP contribution in [0.25, 0.3) is 31.3 Å². The molecule has 0 saturated carbocycles. The molecule has 0 spiro atoms. The van der Waals surface area contributed by atoms with E-state index >= 15 is 0 Å². The molecular weight excluding hydrogens is 452 g/mol. The van der Waals surface area contributed by atoms with Gasteiger partial charge in [0, 0.05) is 40.8 Å². The minimum absolute atomic E-state index is 0.0176. The van der Waals surface area contributed by atoms with Crippen molar-refractivity contribution in [2.75, 3.05) is 39.5 Å². The number of ether oxygens (including phenoxy) is 3. The van der Waals surface area contributed by atoms with E-state index in [1.165, 1.54) is 0 Å². The normalized spacial score (nSPS) is 10.5. The summed E-state index contributed by atoms with van der Waals surface area (Å²) in [7, 11) is 0. The van der Waals surface area contributed by atoms with Gasteiger partial charge < -0.3 is 19.5 Å². The molecule has 0 aliphatic carbocycles. The number of esters is 2. The van der Waals surface area contributed by atoms with Gasteiger partial charge in [0.15, 0.2) is 0 Å². The number of nitrogens with zero attached hydrogens (tertiary/aromatic N) is 9. The van der Waals surface area contributed by atoms with Gasteiger partial charge in [0.05, 0.1) is 19.8 Å². The zero-order valence-corrected chi connectivity index (χ0v) is 19.0. The average Bonchev–Trinajstić information content (AvgIpc) is 2.82. The van der Waals surface area contributed by atoms with Crippen molar-refractivity contribution in [2.45, 2.75) is 57.4 Å². The Morgan fingerprint density at radius 1 is 0.706 bits per heavy atom. The largest absolute Gasteiger partial charge is 0.466 e. The van der Waals surface area contributed by atoms with Crippen molar-refractivity contribution in [3.8, 4) is 0 Å². The Hall–Kier alpha value is -3.86. The number of unbranched alkanes of at least 4 members (excludes halogenated alkanes) is 2. The number of hydrogen-bond donors (Lipinski definition) is 1. The Bertz CT molecular complexity index is 760. The number of amides is 1. The topological polar surface area (TPSA) is 237 Å². The first kappa shape index (κ1) is 30.1. The third kappa shape index (κ3) is 18.9. The van der Waals surface area contributed by atoms with Crippen LogP contribution in [0.5, 0.6) is 0 Å². The van der Waals surface area contributed by atoms with E-state index in [9.17, 15) is 14.4 Å². The van der Waals surface area contributed by atoms with Gasteiger partial charge in [-0.15, -0.1) is 0 Å². The molecule has 0 aromatic carbocycles. The smallest absolute Gasteiger partial charge is 0.407 e. The van der Waals surface area contributed by atoms with E-state index in [0.29, 0.717) is 38.5 Å². The lowest BCUT2D eigenvalue weighted by molar-refractivity contribution is -0.146. The van der Waals surface area contributed by atoms with E-state index in [4.69, 9.17) is 30.8 Å². The van der Waals surface area contributed by atoms with Crippen LogP contribution in [0.3, 0.4) is 0 Å². The molecule has 0 aromatic heterocycles. The summed E-state index contributed by atoms with van der Waals surface area (Å²) in [6.07, 6.45) is 2.48. The molecule has 0 heterocycles. The summed E-state index contributed by atoms with van der Waals surface area (Å²) in [5.41, 5.74) is 24.6. The van der Waals surface area contributed by atoms with Gasteiger partial charge in [-0.05, 0) is 48.7 Å². The van der Waals surface area contributed by atoms with Crippen LogP contribution < -0.4 is 5.32 Å². The van der Waals surface area contributed by atoms with Gasteiger partial charge >= 0.3 is 18.0 Å². The highest BCUT2D eigenvalue weighted by Crippen LogP contribution is 2.09. The molecule has 0 saturated heterocycles. The molecule has 0 bridgehead atoms. The second kappa shape index (κ2) is 22.3. The van der Waals surface area contributed by atoms with Crippen molar-refractivity contribution in [2.24, 2.45) is 15.3 Å². The molecule has 1 N–H and O–H groups in total. The summed E-state index contributed by atoms with van der Waals surface area (Å²) in [5.74, 6) is -1.01. The third-order valence-corrected chi connectivity index (χ3v) is 4.09. The summed E-state index contributed by atoms with van der Waals surface area (Å²) >= 11 is 0. The van der Waals surface area contributed by atoms with Crippen molar-refractivity contribution in [3.63, 3.8) is 0 Å². The lowest BCUT2D eigenvalue weighted by atomic mass is 10.1. The van der Waals surface area contributed by atoms with Crippen molar-refractivity contribution in [3.05, 3.63) is 31.3 Å². The summed E-state index contributed by atoms with van der Waals surface area (Å²) in [4.78, 5) is 43.8. The van der Waals surface area contributed by atoms with Gasteiger partial charge in [-0.1, -0.05) is 28.2 Å². The van der Waals surface area contributed by atoms with Crippen molar-refractivity contribution < 1.29 is 28.6 Å². The highest BCUT2D eigenvalue weighted by Gasteiger charge is 2.22. The quantitative estimate of drug-likeness (QED) is 0.0664. The number of alkyl carbamates (subject to hydrolysis) is 1. The molecule has 34 heavy (non-hydrogen) atoms. The standard InChI is InChI=1S/C18H30N10O6/c19-26-22-9-4-12-32-16(29)8-3-1-2-7-15(17(30)33-13-5-10-23-27-20)25-18(31)34-14-6-11-24-28-21/h15H,1-14H2,(H,25,31)/t15-/m0/s1. The second-order valence-electron chi connectivity index (χ2n) is 6.74. The van der Waals surface area contributed by atoms with E-state index in [2.05, 4.69) is 35.4 Å². The first-order valence-corrected chi connectivity index (χ1v) is 10.8. The fraction of sp³-hybridized carbons (Fsp3) is 0.833. The molecule has 16 nitrogen and oxygen atoms in total. The van der Waals surface area contributed by atoms with Gasteiger partial charge in [0.2, 0.25) is 0 Å². The molecule has 16 heteroatoms.